The van der Waals surface area contributed by atoms with Gasteiger partial charge in [-0.05, 0) is 26.4 Å². The Morgan fingerprint density at radius 2 is 2.30 bits per heavy atom. The van der Waals surface area contributed by atoms with Crippen molar-refractivity contribution in [2.45, 2.75) is 19.4 Å². The van der Waals surface area contributed by atoms with Crippen LogP contribution < -0.4 is 16.8 Å². The van der Waals surface area contributed by atoms with Crippen LogP contribution in [-0.2, 0) is 4.79 Å². The predicted molar refractivity (Wildman–Crippen MR) is 40.3 cm³/mol. The van der Waals surface area contributed by atoms with Gasteiger partial charge in [0.1, 0.15) is 0 Å². The molecule has 0 aliphatic rings. The highest BCUT2D eigenvalue weighted by Crippen LogP contribution is 1.78. The van der Waals surface area contributed by atoms with Gasteiger partial charge in [0.15, 0.2) is 0 Å². The molecule has 0 radical (unpaired) electrons. The van der Waals surface area contributed by atoms with E-state index in [1.54, 1.807) is 6.92 Å². The number of rotatable bonds is 5. The Balaban J connectivity index is 3.21. The Kier molecular flexibility index (Phi) is 4.88. The molecule has 0 rings (SSSR count). The second-order valence-corrected chi connectivity index (χ2v) is 2.22. The van der Waals surface area contributed by atoms with Crippen LogP contribution in [0, 0.1) is 0 Å². The van der Waals surface area contributed by atoms with Gasteiger partial charge in [0.25, 0.3) is 0 Å². The van der Waals surface area contributed by atoms with E-state index in [1.807, 2.05) is 0 Å². The van der Waals surface area contributed by atoms with E-state index in [0.717, 1.165) is 13.0 Å². The molecule has 0 aromatic carbocycles. The molecule has 1 atom stereocenters. The largest absolute Gasteiger partial charge is 0.368 e. The summed E-state index contributed by atoms with van der Waals surface area (Å²) in [5, 5.41) is 2.93. The van der Waals surface area contributed by atoms with Crippen molar-refractivity contribution in [3.8, 4) is 0 Å². The van der Waals surface area contributed by atoms with Crippen LogP contribution in [0.5, 0.6) is 0 Å². The minimum absolute atomic E-state index is 0.244. The number of amides is 1. The molecule has 0 aromatic heterocycles. The number of carbonyl (C=O) groups is 1. The standard InChI is InChI=1S/C6H15N3O/c1-5(6(8)10)9-4-2-3-7/h5,9H,2-4,7H2,1H3,(H2,8,10). The van der Waals surface area contributed by atoms with Crippen LogP contribution in [0.4, 0.5) is 0 Å². The molecular weight excluding hydrogens is 130 g/mol. The molecule has 0 aromatic rings. The van der Waals surface area contributed by atoms with E-state index in [1.165, 1.54) is 0 Å². The maximum Gasteiger partial charge on any atom is 0.234 e. The maximum atomic E-state index is 10.4. The lowest BCUT2D eigenvalue weighted by Crippen LogP contribution is -2.39. The van der Waals surface area contributed by atoms with E-state index in [-0.39, 0.29) is 11.9 Å². The highest BCUT2D eigenvalue weighted by Gasteiger charge is 2.04. The Morgan fingerprint density at radius 1 is 1.70 bits per heavy atom. The van der Waals surface area contributed by atoms with E-state index in [2.05, 4.69) is 5.32 Å². The second kappa shape index (κ2) is 5.20. The van der Waals surface area contributed by atoms with Crippen molar-refractivity contribution in [3.63, 3.8) is 0 Å². The smallest absolute Gasteiger partial charge is 0.234 e. The number of nitrogens with one attached hydrogen (secondary N) is 1. The minimum Gasteiger partial charge on any atom is -0.368 e. The van der Waals surface area contributed by atoms with E-state index in [4.69, 9.17) is 11.5 Å². The third kappa shape index (κ3) is 4.29. The number of nitrogens with two attached hydrogens (primary N) is 2. The van der Waals surface area contributed by atoms with Gasteiger partial charge in [-0.15, -0.1) is 0 Å². The van der Waals surface area contributed by atoms with Gasteiger partial charge in [-0.1, -0.05) is 0 Å². The Hall–Kier alpha value is -0.610. The van der Waals surface area contributed by atoms with Crippen LogP contribution in [0.1, 0.15) is 13.3 Å². The summed E-state index contributed by atoms with van der Waals surface area (Å²) in [5.74, 6) is -0.322. The second-order valence-electron chi connectivity index (χ2n) is 2.22. The number of hydrogen-bond acceptors (Lipinski definition) is 3. The van der Waals surface area contributed by atoms with E-state index in [9.17, 15) is 4.79 Å². The van der Waals surface area contributed by atoms with Crippen LogP contribution in [0.15, 0.2) is 0 Å². The summed E-state index contributed by atoms with van der Waals surface area (Å²) in [5.41, 5.74) is 10.2. The number of hydrogen-bond donors (Lipinski definition) is 3. The molecule has 0 bridgehead atoms. The van der Waals surface area contributed by atoms with E-state index >= 15 is 0 Å². The summed E-state index contributed by atoms with van der Waals surface area (Å²) in [7, 11) is 0. The van der Waals surface area contributed by atoms with Crippen LogP contribution in [0.25, 0.3) is 0 Å². The normalized spacial score (nSPS) is 13.0. The topological polar surface area (TPSA) is 81.1 Å². The molecular formula is C6H15N3O. The Morgan fingerprint density at radius 3 is 2.70 bits per heavy atom. The lowest BCUT2D eigenvalue weighted by Gasteiger charge is -2.07. The SMILES string of the molecule is CC(NCCCN)C(N)=O. The highest BCUT2D eigenvalue weighted by atomic mass is 16.1. The summed E-state index contributed by atoms with van der Waals surface area (Å²) < 4.78 is 0. The Labute approximate surface area is 61.0 Å². The van der Waals surface area contributed by atoms with Crippen LogP contribution >= 0.6 is 0 Å². The molecule has 0 saturated heterocycles. The third-order valence-corrected chi connectivity index (χ3v) is 1.26. The number of carbonyl (C=O) groups excluding carboxylic acids is 1. The molecule has 1 unspecified atom stereocenters. The van der Waals surface area contributed by atoms with Crippen molar-refractivity contribution in [2.75, 3.05) is 13.1 Å². The van der Waals surface area contributed by atoms with Crippen molar-refractivity contribution in [1.82, 2.24) is 5.32 Å². The zero-order chi connectivity index (χ0) is 7.98. The van der Waals surface area contributed by atoms with Crippen molar-refractivity contribution in [3.05, 3.63) is 0 Å². The van der Waals surface area contributed by atoms with Gasteiger partial charge in [-0.25, -0.2) is 0 Å². The molecule has 5 N–H and O–H groups in total. The fourth-order valence-electron chi connectivity index (χ4n) is 0.521. The van der Waals surface area contributed by atoms with Crippen molar-refractivity contribution in [1.29, 1.82) is 0 Å². The van der Waals surface area contributed by atoms with Crippen molar-refractivity contribution in [2.24, 2.45) is 11.5 Å². The van der Waals surface area contributed by atoms with Crippen molar-refractivity contribution < 1.29 is 4.79 Å². The first kappa shape index (κ1) is 9.39. The molecule has 0 aliphatic carbocycles. The zero-order valence-electron chi connectivity index (χ0n) is 6.26. The summed E-state index contributed by atoms with van der Waals surface area (Å²) in [6.07, 6.45) is 0.873. The molecule has 0 saturated carbocycles. The Bertz CT molecular complexity index is 105. The van der Waals surface area contributed by atoms with Gasteiger partial charge >= 0.3 is 0 Å². The molecule has 0 aliphatic heterocycles. The van der Waals surface area contributed by atoms with Gasteiger partial charge in [-0.2, -0.15) is 0 Å². The van der Waals surface area contributed by atoms with Gasteiger partial charge in [-0.3, -0.25) is 4.79 Å². The van der Waals surface area contributed by atoms with Gasteiger partial charge < -0.3 is 16.8 Å². The fourth-order valence-corrected chi connectivity index (χ4v) is 0.521. The van der Waals surface area contributed by atoms with Crippen LogP contribution in [0.3, 0.4) is 0 Å². The lowest BCUT2D eigenvalue weighted by molar-refractivity contribution is -0.119. The monoisotopic (exact) mass is 145 g/mol. The fraction of sp³-hybridized carbons (Fsp3) is 0.833. The first-order valence-electron chi connectivity index (χ1n) is 3.41. The van der Waals surface area contributed by atoms with E-state index < -0.39 is 0 Å². The average Bonchev–Trinajstić information content (AvgIpc) is 1.88. The number of primary amides is 1. The van der Waals surface area contributed by atoms with Gasteiger partial charge in [0.2, 0.25) is 5.91 Å². The zero-order valence-corrected chi connectivity index (χ0v) is 6.26. The molecule has 10 heavy (non-hydrogen) atoms. The first-order valence-corrected chi connectivity index (χ1v) is 3.41. The molecule has 60 valence electrons. The average molecular weight is 145 g/mol. The summed E-state index contributed by atoms with van der Waals surface area (Å²) in [6, 6.07) is -0.244. The minimum atomic E-state index is -0.322. The van der Waals surface area contributed by atoms with Crippen molar-refractivity contribution >= 4 is 5.91 Å². The van der Waals surface area contributed by atoms with E-state index in [0.29, 0.717) is 6.54 Å². The summed E-state index contributed by atoms with van der Waals surface area (Å²) in [4.78, 5) is 10.4. The predicted octanol–water partition coefficient (Wildman–Crippen LogP) is -1.20. The van der Waals surface area contributed by atoms with Gasteiger partial charge in [0.05, 0.1) is 6.04 Å². The summed E-state index contributed by atoms with van der Waals surface area (Å²) in [6.45, 7) is 3.12. The third-order valence-electron chi connectivity index (χ3n) is 1.26. The molecule has 0 spiro atoms. The summed E-state index contributed by atoms with van der Waals surface area (Å²) >= 11 is 0. The molecule has 4 nitrogen and oxygen atoms in total. The highest BCUT2D eigenvalue weighted by molar-refractivity contribution is 5.79. The molecule has 0 fully saturated rings. The van der Waals surface area contributed by atoms with Crippen LogP contribution in [-0.4, -0.2) is 25.0 Å². The first-order chi connectivity index (χ1) is 4.68. The quantitative estimate of drug-likeness (QED) is 0.425. The molecule has 1 amide bonds. The lowest BCUT2D eigenvalue weighted by atomic mass is 10.3. The van der Waals surface area contributed by atoms with Crippen LogP contribution in [0.2, 0.25) is 0 Å². The molecule has 0 heterocycles. The maximum absolute atomic E-state index is 10.4. The van der Waals surface area contributed by atoms with Gasteiger partial charge in [0, 0.05) is 0 Å². The molecule has 4 heteroatoms.